The van der Waals surface area contributed by atoms with Crippen molar-refractivity contribution in [3.63, 3.8) is 0 Å². The predicted molar refractivity (Wildman–Crippen MR) is 64.1 cm³/mol. The first-order chi connectivity index (χ1) is 7.08. The van der Waals surface area contributed by atoms with Crippen molar-refractivity contribution >= 4 is 11.5 Å². The lowest BCUT2D eigenvalue weighted by Crippen LogP contribution is -2.03. The van der Waals surface area contributed by atoms with Gasteiger partial charge in [-0.1, -0.05) is 23.3 Å². The highest BCUT2D eigenvalue weighted by Gasteiger charge is 1.93. The zero-order chi connectivity index (χ0) is 11.3. The van der Waals surface area contributed by atoms with E-state index in [-0.39, 0.29) is 5.78 Å². The van der Waals surface area contributed by atoms with Gasteiger partial charge >= 0.3 is 0 Å². The lowest BCUT2D eigenvalue weighted by Gasteiger charge is -2.06. The number of carbonyl (C=O) groups excluding carboxylic acids is 1. The quantitative estimate of drug-likeness (QED) is 0.762. The van der Waals surface area contributed by atoms with Crippen LogP contribution in [0.4, 0.5) is 5.69 Å². The molecule has 0 aliphatic heterocycles. The van der Waals surface area contributed by atoms with E-state index in [1.165, 1.54) is 5.56 Å². The predicted octanol–water partition coefficient (Wildman–Crippen LogP) is 2.94. The molecule has 15 heavy (non-hydrogen) atoms. The molecule has 0 aliphatic carbocycles. The van der Waals surface area contributed by atoms with Crippen LogP contribution in [0.3, 0.4) is 0 Å². The summed E-state index contributed by atoms with van der Waals surface area (Å²) in [6, 6.07) is 8.20. The van der Waals surface area contributed by atoms with E-state index in [1.54, 1.807) is 13.0 Å². The van der Waals surface area contributed by atoms with Crippen LogP contribution < -0.4 is 5.32 Å². The Labute approximate surface area is 91.0 Å². The van der Waals surface area contributed by atoms with Gasteiger partial charge in [0.05, 0.1) is 0 Å². The number of hydrogen-bond acceptors (Lipinski definition) is 2. The molecule has 0 bridgehead atoms. The van der Waals surface area contributed by atoms with Gasteiger partial charge in [-0.15, -0.1) is 0 Å². The smallest absolute Gasteiger partial charge is 0.152 e. The van der Waals surface area contributed by atoms with Crippen LogP contribution in [0.15, 0.2) is 35.9 Å². The molecule has 0 aromatic heterocycles. The summed E-state index contributed by atoms with van der Waals surface area (Å²) in [7, 11) is 0. The molecule has 1 rings (SSSR count). The van der Waals surface area contributed by atoms with Crippen LogP contribution in [0.25, 0.3) is 0 Å². The minimum absolute atomic E-state index is 0.0956. The Morgan fingerprint density at radius 2 is 1.87 bits per heavy atom. The van der Waals surface area contributed by atoms with Crippen LogP contribution in [-0.2, 0) is 4.79 Å². The number of hydrogen-bond donors (Lipinski definition) is 1. The molecule has 1 N–H and O–H groups in total. The van der Waals surface area contributed by atoms with Crippen molar-refractivity contribution in [2.45, 2.75) is 20.8 Å². The van der Waals surface area contributed by atoms with Gasteiger partial charge in [0.25, 0.3) is 0 Å². The highest BCUT2D eigenvalue weighted by molar-refractivity contribution is 5.88. The Morgan fingerprint density at radius 3 is 2.40 bits per heavy atom. The molecule has 2 nitrogen and oxygen atoms in total. The summed E-state index contributed by atoms with van der Waals surface area (Å²) in [4.78, 5) is 10.8. The van der Waals surface area contributed by atoms with Crippen molar-refractivity contribution < 1.29 is 4.79 Å². The Balaban J connectivity index is 2.50. The first kappa shape index (κ1) is 11.5. The highest BCUT2D eigenvalue weighted by Crippen LogP contribution is 2.09. The summed E-state index contributed by atoms with van der Waals surface area (Å²) >= 11 is 0. The van der Waals surface area contributed by atoms with Crippen LogP contribution >= 0.6 is 0 Å². The molecular formula is C13H17NO. The van der Waals surface area contributed by atoms with Crippen molar-refractivity contribution in [1.29, 1.82) is 0 Å². The second-order valence-electron chi connectivity index (χ2n) is 3.82. The number of rotatable bonds is 4. The van der Waals surface area contributed by atoms with Crippen molar-refractivity contribution in [3.8, 4) is 0 Å². The zero-order valence-corrected chi connectivity index (χ0v) is 9.50. The molecule has 0 unspecified atom stereocenters. The first-order valence-corrected chi connectivity index (χ1v) is 5.06. The lowest BCUT2D eigenvalue weighted by molar-refractivity contribution is -0.112. The molecule has 2 heteroatoms. The Morgan fingerprint density at radius 1 is 1.27 bits per heavy atom. The molecule has 0 saturated heterocycles. The minimum atomic E-state index is 0.0956. The van der Waals surface area contributed by atoms with Gasteiger partial charge in [-0.25, -0.2) is 0 Å². The fourth-order valence-corrected chi connectivity index (χ4v) is 1.31. The number of carbonyl (C=O) groups is 1. The fourth-order valence-electron chi connectivity index (χ4n) is 1.31. The molecule has 0 spiro atoms. The zero-order valence-electron chi connectivity index (χ0n) is 9.50. The molecule has 0 aliphatic rings. The maximum atomic E-state index is 10.8. The number of benzene rings is 1. The topological polar surface area (TPSA) is 29.1 Å². The summed E-state index contributed by atoms with van der Waals surface area (Å²) in [5, 5.41) is 3.26. The van der Waals surface area contributed by atoms with Crippen LogP contribution in [0.1, 0.15) is 19.4 Å². The largest absolute Gasteiger partial charge is 0.381 e. The summed E-state index contributed by atoms with van der Waals surface area (Å²) in [5.41, 5.74) is 3.37. The van der Waals surface area contributed by atoms with Gasteiger partial charge < -0.3 is 5.32 Å². The van der Waals surface area contributed by atoms with Crippen molar-refractivity contribution in [3.05, 3.63) is 41.5 Å². The molecule has 1 aromatic rings. The van der Waals surface area contributed by atoms with Gasteiger partial charge in [0.15, 0.2) is 5.78 Å². The minimum Gasteiger partial charge on any atom is -0.381 e. The van der Waals surface area contributed by atoms with E-state index in [0.29, 0.717) is 6.54 Å². The van der Waals surface area contributed by atoms with E-state index in [9.17, 15) is 4.79 Å². The molecule has 0 heterocycles. The fraction of sp³-hybridized carbons (Fsp3) is 0.308. The van der Waals surface area contributed by atoms with E-state index in [2.05, 4.69) is 24.4 Å². The second kappa shape index (κ2) is 5.35. The SMILES string of the molecule is CC(=O)/C=C(\C)CNc1ccc(C)cc1. The summed E-state index contributed by atoms with van der Waals surface area (Å²) in [6.07, 6.45) is 1.65. The van der Waals surface area contributed by atoms with Gasteiger partial charge in [-0.2, -0.15) is 0 Å². The molecular weight excluding hydrogens is 186 g/mol. The summed E-state index contributed by atoms with van der Waals surface area (Å²) < 4.78 is 0. The number of ketones is 1. The van der Waals surface area contributed by atoms with Crippen molar-refractivity contribution in [1.82, 2.24) is 0 Å². The Bertz CT molecular complexity index is 363. The number of anilines is 1. The average Bonchev–Trinajstić information content (AvgIpc) is 2.16. The monoisotopic (exact) mass is 203 g/mol. The van der Waals surface area contributed by atoms with Gasteiger partial charge in [-0.3, -0.25) is 4.79 Å². The normalized spacial score (nSPS) is 11.3. The molecule has 0 saturated carbocycles. The van der Waals surface area contributed by atoms with E-state index in [4.69, 9.17) is 0 Å². The second-order valence-corrected chi connectivity index (χ2v) is 3.82. The van der Waals surface area contributed by atoms with Crippen molar-refractivity contribution in [2.24, 2.45) is 0 Å². The third kappa shape index (κ3) is 4.45. The maximum absolute atomic E-state index is 10.8. The third-order valence-electron chi connectivity index (χ3n) is 2.07. The van der Waals surface area contributed by atoms with Crippen molar-refractivity contribution in [2.75, 3.05) is 11.9 Å². The maximum Gasteiger partial charge on any atom is 0.152 e. The summed E-state index contributed by atoms with van der Waals surface area (Å²) in [5.74, 6) is 0.0956. The van der Waals surface area contributed by atoms with E-state index >= 15 is 0 Å². The first-order valence-electron chi connectivity index (χ1n) is 5.06. The number of allylic oxidation sites excluding steroid dienone is 1. The van der Waals surface area contributed by atoms with Gasteiger partial charge in [0.1, 0.15) is 0 Å². The van der Waals surface area contributed by atoms with Gasteiger partial charge in [0, 0.05) is 12.2 Å². The number of aryl methyl sites for hydroxylation is 1. The van der Waals surface area contributed by atoms with Crippen LogP contribution in [-0.4, -0.2) is 12.3 Å². The Hall–Kier alpha value is -1.57. The van der Waals surface area contributed by atoms with E-state index < -0.39 is 0 Å². The van der Waals surface area contributed by atoms with Gasteiger partial charge in [-0.05, 0) is 39.0 Å². The lowest BCUT2D eigenvalue weighted by atomic mass is 10.2. The van der Waals surface area contributed by atoms with Crippen LogP contribution in [0.5, 0.6) is 0 Å². The highest BCUT2D eigenvalue weighted by atomic mass is 16.1. The molecule has 0 radical (unpaired) electrons. The average molecular weight is 203 g/mol. The third-order valence-corrected chi connectivity index (χ3v) is 2.07. The summed E-state index contributed by atoms with van der Waals surface area (Å²) in [6.45, 7) is 6.28. The van der Waals surface area contributed by atoms with E-state index in [0.717, 1.165) is 11.3 Å². The number of nitrogens with one attached hydrogen (secondary N) is 1. The molecule has 0 fully saturated rings. The molecule has 80 valence electrons. The Kier molecular flexibility index (Phi) is 4.10. The molecule has 0 atom stereocenters. The standard InChI is InChI=1S/C13H17NO/c1-10-4-6-13(7-5-10)14-9-11(2)8-12(3)15/h4-8,14H,9H2,1-3H3/b11-8+. The van der Waals surface area contributed by atoms with Gasteiger partial charge in [0.2, 0.25) is 0 Å². The van der Waals surface area contributed by atoms with E-state index in [1.807, 2.05) is 19.1 Å². The van der Waals surface area contributed by atoms with Crippen LogP contribution in [0, 0.1) is 6.92 Å². The van der Waals surface area contributed by atoms with Crippen LogP contribution in [0.2, 0.25) is 0 Å². The molecule has 1 aromatic carbocycles. The molecule has 0 amide bonds.